The number of hydrogen-bond donors (Lipinski definition) is 1. The molecule has 86 valence electrons. The molecule has 1 atom stereocenters. The molecule has 2 nitrogen and oxygen atoms in total. The van der Waals surface area contributed by atoms with Gasteiger partial charge in [0.1, 0.15) is 0 Å². The second-order valence-electron chi connectivity index (χ2n) is 3.18. The van der Waals surface area contributed by atoms with Crippen molar-refractivity contribution < 1.29 is 18.7 Å². The van der Waals surface area contributed by atoms with Crippen molar-refractivity contribution in [3.63, 3.8) is 0 Å². The molecule has 0 aliphatic carbocycles. The van der Waals surface area contributed by atoms with E-state index in [1.54, 1.807) is 12.1 Å². The van der Waals surface area contributed by atoms with Crippen LogP contribution < -0.4 is 0 Å². The molecule has 0 heterocycles. The Morgan fingerprint density at radius 3 is 2.56 bits per heavy atom. The van der Waals surface area contributed by atoms with Crippen molar-refractivity contribution in [1.29, 1.82) is 0 Å². The molecule has 5 heteroatoms. The largest absolute Gasteiger partial charge is 0.481 e. The molecule has 0 amide bonds. The van der Waals surface area contributed by atoms with E-state index in [9.17, 15) is 13.6 Å². The highest BCUT2D eigenvalue weighted by Gasteiger charge is 2.17. The Kier molecular flexibility index (Phi) is 4.43. The Bertz CT molecular complexity index is 414. The molecule has 1 N–H and O–H groups in total. The van der Waals surface area contributed by atoms with Crippen LogP contribution in [0.15, 0.2) is 36.4 Å². The Hall–Kier alpha value is -1.42. The summed E-state index contributed by atoms with van der Waals surface area (Å²) < 4.78 is 24.4. The number of halogens is 3. The summed E-state index contributed by atoms with van der Waals surface area (Å²) in [6.45, 7) is 0. The van der Waals surface area contributed by atoms with E-state index in [0.717, 1.165) is 0 Å². The molecule has 0 saturated heterocycles. The van der Waals surface area contributed by atoms with Crippen molar-refractivity contribution in [2.75, 3.05) is 0 Å². The number of rotatable bonds is 4. The average Bonchev–Trinajstić information content (AvgIpc) is 2.15. The van der Waals surface area contributed by atoms with Crippen molar-refractivity contribution in [1.82, 2.24) is 0 Å². The number of allylic oxidation sites excluding steroid dienone is 1. The minimum Gasteiger partial charge on any atom is -0.481 e. The summed E-state index contributed by atoms with van der Waals surface area (Å²) in [7, 11) is 0. The predicted octanol–water partition coefficient (Wildman–Crippen LogP) is 3.68. The van der Waals surface area contributed by atoms with Crippen LogP contribution in [0.4, 0.5) is 8.78 Å². The lowest BCUT2D eigenvalue weighted by atomic mass is 9.96. The van der Waals surface area contributed by atoms with Crippen LogP contribution in [-0.2, 0) is 4.79 Å². The first-order valence-corrected chi connectivity index (χ1v) is 4.87. The highest BCUT2D eigenvalue weighted by molar-refractivity contribution is 6.31. The third-order valence-electron chi connectivity index (χ3n) is 2.03. The zero-order valence-corrected chi connectivity index (χ0v) is 8.92. The summed E-state index contributed by atoms with van der Waals surface area (Å²) in [6.07, 6.45) is -1.72. The number of hydrogen-bond acceptors (Lipinski definition) is 1. The van der Waals surface area contributed by atoms with Gasteiger partial charge in [-0.15, -0.1) is 0 Å². The number of carboxylic acid groups (broad SMARTS) is 1. The summed E-state index contributed by atoms with van der Waals surface area (Å²) in [4.78, 5) is 10.6. The van der Waals surface area contributed by atoms with Crippen LogP contribution in [0.3, 0.4) is 0 Å². The van der Waals surface area contributed by atoms with Crippen molar-refractivity contribution in [2.45, 2.75) is 12.3 Å². The molecule has 1 aromatic carbocycles. The van der Waals surface area contributed by atoms with Gasteiger partial charge in [0.25, 0.3) is 6.08 Å². The van der Waals surface area contributed by atoms with Gasteiger partial charge in [-0.25, -0.2) is 0 Å². The van der Waals surface area contributed by atoms with Gasteiger partial charge in [0.15, 0.2) is 0 Å². The number of carbonyl (C=O) groups is 1. The summed E-state index contributed by atoms with van der Waals surface area (Å²) in [5.41, 5.74) is 0.388. The van der Waals surface area contributed by atoms with E-state index < -0.39 is 24.4 Å². The third-order valence-corrected chi connectivity index (χ3v) is 2.37. The molecule has 1 aromatic rings. The first-order chi connectivity index (χ1) is 7.50. The Balaban J connectivity index is 3.06. The minimum atomic E-state index is -1.91. The number of benzene rings is 1. The first-order valence-electron chi connectivity index (χ1n) is 4.49. The topological polar surface area (TPSA) is 37.3 Å². The maximum absolute atomic E-state index is 12.2. The summed E-state index contributed by atoms with van der Waals surface area (Å²) in [6, 6.07) is 6.35. The molecule has 0 fully saturated rings. The fourth-order valence-electron chi connectivity index (χ4n) is 1.37. The van der Waals surface area contributed by atoms with Gasteiger partial charge in [-0.05, 0) is 17.7 Å². The lowest BCUT2D eigenvalue weighted by molar-refractivity contribution is -0.137. The maximum Gasteiger partial charge on any atom is 0.304 e. The van der Waals surface area contributed by atoms with Gasteiger partial charge in [-0.2, -0.15) is 8.78 Å². The molecular weight excluding hydrogens is 238 g/mol. The molecule has 0 saturated carbocycles. The summed E-state index contributed by atoms with van der Waals surface area (Å²) in [5, 5.41) is 8.92. The van der Waals surface area contributed by atoms with Crippen molar-refractivity contribution in [3.8, 4) is 0 Å². The normalized spacial score (nSPS) is 11.9. The van der Waals surface area contributed by atoms with Crippen LogP contribution in [0.5, 0.6) is 0 Å². The Labute approximate surface area is 96.2 Å². The van der Waals surface area contributed by atoms with Gasteiger partial charge in [0.2, 0.25) is 0 Å². The molecule has 0 radical (unpaired) electrons. The van der Waals surface area contributed by atoms with Gasteiger partial charge in [0.05, 0.1) is 6.42 Å². The summed E-state index contributed by atoms with van der Waals surface area (Å²) >= 11 is 5.82. The van der Waals surface area contributed by atoms with Crippen LogP contribution in [0.1, 0.15) is 17.9 Å². The average molecular weight is 247 g/mol. The van der Waals surface area contributed by atoms with Crippen LogP contribution >= 0.6 is 11.6 Å². The Morgan fingerprint density at radius 2 is 2.06 bits per heavy atom. The van der Waals surface area contributed by atoms with Gasteiger partial charge >= 0.3 is 5.97 Å². The van der Waals surface area contributed by atoms with E-state index in [2.05, 4.69) is 0 Å². The first kappa shape index (κ1) is 12.6. The molecular formula is C11H9ClF2O2. The van der Waals surface area contributed by atoms with E-state index in [0.29, 0.717) is 11.6 Å². The second kappa shape index (κ2) is 5.61. The highest BCUT2D eigenvalue weighted by atomic mass is 35.5. The van der Waals surface area contributed by atoms with Crippen LogP contribution in [0.2, 0.25) is 5.02 Å². The van der Waals surface area contributed by atoms with E-state index in [1.807, 2.05) is 0 Å². The zero-order chi connectivity index (χ0) is 12.1. The number of carboxylic acids is 1. The van der Waals surface area contributed by atoms with Crippen LogP contribution in [0.25, 0.3) is 0 Å². The standard InChI is InChI=1S/C11H9ClF2O2/c12-9-4-2-1-3-8(9)7(5-10(13)14)6-11(15)16/h1-5,7H,6H2,(H,15,16). The van der Waals surface area contributed by atoms with E-state index in [4.69, 9.17) is 16.7 Å². The smallest absolute Gasteiger partial charge is 0.304 e. The highest BCUT2D eigenvalue weighted by Crippen LogP contribution is 2.29. The minimum absolute atomic E-state index is 0.284. The lowest BCUT2D eigenvalue weighted by Gasteiger charge is -2.11. The van der Waals surface area contributed by atoms with Crippen molar-refractivity contribution >= 4 is 17.6 Å². The lowest BCUT2D eigenvalue weighted by Crippen LogP contribution is -2.05. The molecule has 0 bridgehead atoms. The molecule has 0 aromatic heterocycles. The zero-order valence-electron chi connectivity index (χ0n) is 8.16. The van der Waals surface area contributed by atoms with E-state index in [-0.39, 0.29) is 5.02 Å². The second-order valence-corrected chi connectivity index (χ2v) is 3.59. The monoisotopic (exact) mass is 246 g/mol. The molecule has 0 aliphatic heterocycles. The molecule has 1 rings (SSSR count). The molecule has 0 spiro atoms. The van der Waals surface area contributed by atoms with Crippen LogP contribution in [0, 0.1) is 0 Å². The van der Waals surface area contributed by atoms with Crippen molar-refractivity contribution in [3.05, 3.63) is 47.0 Å². The van der Waals surface area contributed by atoms with Gasteiger partial charge in [-0.1, -0.05) is 29.8 Å². The quantitative estimate of drug-likeness (QED) is 0.880. The fraction of sp³-hybridized carbons (Fsp3) is 0.182. The molecule has 16 heavy (non-hydrogen) atoms. The van der Waals surface area contributed by atoms with Gasteiger partial charge < -0.3 is 5.11 Å². The Morgan fingerprint density at radius 1 is 1.44 bits per heavy atom. The third kappa shape index (κ3) is 3.62. The SMILES string of the molecule is O=C(O)CC(C=C(F)F)c1ccccc1Cl. The maximum atomic E-state index is 12.2. The molecule has 1 unspecified atom stereocenters. The summed E-state index contributed by atoms with van der Waals surface area (Å²) in [5.74, 6) is -2.06. The predicted molar refractivity (Wildman–Crippen MR) is 56.7 cm³/mol. The fourth-order valence-corrected chi connectivity index (χ4v) is 1.65. The van der Waals surface area contributed by atoms with E-state index in [1.165, 1.54) is 12.1 Å². The van der Waals surface area contributed by atoms with Crippen LogP contribution in [-0.4, -0.2) is 11.1 Å². The van der Waals surface area contributed by atoms with Crippen molar-refractivity contribution in [2.24, 2.45) is 0 Å². The van der Waals surface area contributed by atoms with E-state index >= 15 is 0 Å². The number of aliphatic carboxylic acids is 1. The van der Waals surface area contributed by atoms with Gasteiger partial charge in [0, 0.05) is 10.9 Å². The molecule has 0 aliphatic rings. The van der Waals surface area contributed by atoms with Gasteiger partial charge in [-0.3, -0.25) is 4.79 Å².